The van der Waals surface area contributed by atoms with Crippen molar-refractivity contribution in [2.24, 2.45) is 0 Å². The van der Waals surface area contributed by atoms with Crippen LogP contribution in [0.25, 0.3) is 0 Å². The highest BCUT2D eigenvalue weighted by atomic mass is 35.5. The highest BCUT2D eigenvalue weighted by Gasteiger charge is 2.17. The number of nitro benzene ring substituents is 1. The molecule has 0 unspecified atom stereocenters. The Morgan fingerprint density at radius 2 is 2.22 bits per heavy atom. The van der Waals surface area contributed by atoms with Crippen LogP contribution in [-0.2, 0) is 4.74 Å². The van der Waals surface area contributed by atoms with Crippen LogP contribution >= 0.6 is 11.6 Å². The third-order valence-corrected chi connectivity index (χ3v) is 2.32. The normalized spacial score (nSPS) is 10.4. The first-order valence-corrected chi connectivity index (χ1v) is 5.50. The second kappa shape index (κ2) is 7.10. The fraction of sp³-hybridized carbons (Fsp3) is 0.400. The van der Waals surface area contributed by atoms with Crippen molar-refractivity contribution in [1.29, 1.82) is 0 Å². The largest absolute Gasteiger partial charge is 0.394 e. The fourth-order valence-corrected chi connectivity index (χ4v) is 1.42. The molecule has 0 amide bonds. The van der Waals surface area contributed by atoms with Crippen molar-refractivity contribution >= 4 is 23.0 Å². The van der Waals surface area contributed by atoms with Crippen molar-refractivity contribution < 1.29 is 19.2 Å². The maximum Gasteiger partial charge on any atom is 0.295 e. The minimum atomic E-state index is -0.842. The minimum Gasteiger partial charge on any atom is -0.394 e. The number of nitro groups is 1. The van der Waals surface area contributed by atoms with Gasteiger partial charge in [0.05, 0.1) is 35.8 Å². The van der Waals surface area contributed by atoms with E-state index in [1.54, 1.807) is 0 Å². The zero-order valence-electron chi connectivity index (χ0n) is 9.36. The first kappa shape index (κ1) is 14.6. The van der Waals surface area contributed by atoms with E-state index in [9.17, 15) is 14.5 Å². The summed E-state index contributed by atoms with van der Waals surface area (Å²) >= 11 is 5.55. The predicted octanol–water partition coefficient (Wildman–Crippen LogP) is 1.81. The molecule has 0 heterocycles. The van der Waals surface area contributed by atoms with Crippen LogP contribution in [0.1, 0.15) is 0 Å². The van der Waals surface area contributed by atoms with Crippen LogP contribution in [0.3, 0.4) is 0 Å². The highest BCUT2D eigenvalue weighted by molar-refractivity contribution is 6.31. The lowest BCUT2D eigenvalue weighted by Gasteiger charge is -2.08. The van der Waals surface area contributed by atoms with Crippen LogP contribution in [-0.4, -0.2) is 36.4 Å². The molecule has 8 heteroatoms. The van der Waals surface area contributed by atoms with Crippen molar-refractivity contribution in [3.05, 3.63) is 33.1 Å². The zero-order valence-corrected chi connectivity index (χ0v) is 10.1. The first-order chi connectivity index (χ1) is 8.56. The molecule has 1 aromatic rings. The summed E-state index contributed by atoms with van der Waals surface area (Å²) in [6, 6.07) is 1.92. The highest BCUT2D eigenvalue weighted by Crippen LogP contribution is 2.29. The van der Waals surface area contributed by atoms with E-state index in [1.165, 1.54) is 0 Å². The van der Waals surface area contributed by atoms with Gasteiger partial charge in [-0.3, -0.25) is 10.1 Å². The van der Waals surface area contributed by atoms with Gasteiger partial charge in [-0.1, -0.05) is 11.6 Å². The van der Waals surface area contributed by atoms with Gasteiger partial charge >= 0.3 is 0 Å². The molecule has 6 nitrogen and oxygen atoms in total. The molecule has 0 radical (unpaired) electrons. The maximum atomic E-state index is 13.1. The topological polar surface area (TPSA) is 84.6 Å². The Balaban J connectivity index is 2.68. The summed E-state index contributed by atoms with van der Waals surface area (Å²) in [7, 11) is 0. The molecule has 0 aliphatic heterocycles. The average molecular weight is 279 g/mol. The molecule has 0 saturated carbocycles. The molecule has 18 heavy (non-hydrogen) atoms. The van der Waals surface area contributed by atoms with Crippen molar-refractivity contribution in [2.45, 2.75) is 0 Å². The van der Waals surface area contributed by atoms with E-state index in [2.05, 4.69) is 5.32 Å². The molecule has 1 rings (SSSR count). The summed E-state index contributed by atoms with van der Waals surface area (Å²) in [5.74, 6) is -0.842. The molecule has 0 saturated heterocycles. The predicted molar refractivity (Wildman–Crippen MR) is 64.5 cm³/mol. The summed E-state index contributed by atoms with van der Waals surface area (Å²) in [6.45, 7) is 0.631. The quantitative estimate of drug-likeness (QED) is 0.451. The zero-order chi connectivity index (χ0) is 13.5. The molecule has 0 aromatic heterocycles. The number of benzene rings is 1. The number of ether oxygens (including phenoxy) is 1. The molecule has 0 spiro atoms. The molecule has 100 valence electrons. The van der Waals surface area contributed by atoms with Gasteiger partial charge in [-0.15, -0.1) is 0 Å². The Hall–Kier alpha value is -1.44. The Labute approximate surface area is 107 Å². The molecule has 0 aliphatic carbocycles. The maximum absolute atomic E-state index is 13.1. The minimum absolute atomic E-state index is 0.0947. The number of aliphatic hydroxyl groups excluding tert-OH is 1. The molecule has 0 atom stereocenters. The average Bonchev–Trinajstić information content (AvgIpc) is 2.32. The van der Waals surface area contributed by atoms with Gasteiger partial charge in [0.2, 0.25) is 0 Å². The van der Waals surface area contributed by atoms with Crippen LogP contribution in [0, 0.1) is 15.9 Å². The van der Waals surface area contributed by atoms with Gasteiger partial charge in [0.25, 0.3) is 5.69 Å². The van der Waals surface area contributed by atoms with E-state index in [4.69, 9.17) is 21.4 Å². The lowest BCUT2D eigenvalue weighted by atomic mass is 10.2. The number of rotatable bonds is 7. The lowest BCUT2D eigenvalue weighted by molar-refractivity contribution is -0.384. The van der Waals surface area contributed by atoms with Gasteiger partial charge in [-0.2, -0.15) is 0 Å². The van der Waals surface area contributed by atoms with Gasteiger partial charge in [0.1, 0.15) is 11.5 Å². The number of halogens is 2. The number of hydrogen-bond donors (Lipinski definition) is 2. The van der Waals surface area contributed by atoms with Crippen molar-refractivity contribution in [3.8, 4) is 0 Å². The summed E-state index contributed by atoms with van der Waals surface area (Å²) < 4.78 is 18.1. The second-order valence-electron chi connectivity index (χ2n) is 3.30. The smallest absolute Gasteiger partial charge is 0.295 e. The molecular formula is C10H12ClFN2O4. The summed E-state index contributed by atoms with van der Waals surface area (Å²) in [6.07, 6.45) is 0. The summed E-state index contributed by atoms with van der Waals surface area (Å²) in [5, 5.41) is 21.7. The third-order valence-electron chi connectivity index (χ3n) is 2.03. The standard InChI is InChI=1S/C10H12ClFN2O4/c11-7-5-9(13-1-3-18-4-2-15)10(14(16)17)6-8(7)12/h5-6,13,15H,1-4H2. The van der Waals surface area contributed by atoms with E-state index in [0.717, 1.165) is 12.1 Å². The van der Waals surface area contributed by atoms with Crippen LogP contribution in [0.4, 0.5) is 15.8 Å². The third kappa shape index (κ3) is 4.10. The molecule has 2 N–H and O–H groups in total. The van der Waals surface area contributed by atoms with E-state index in [0.29, 0.717) is 0 Å². The molecular weight excluding hydrogens is 267 g/mol. The van der Waals surface area contributed by atoms with Gasteiger partial charge in [-0.05, 0) is 6.07 Å². The number of aliphatic hydroxyl groups is 1. The second-order valence-corrected chi connectivity index (χ2v) is 3.71. The SMILES string of the molecule is O=[N+]([O-])c1cc(F)c(Cl)cc1NCCOCCO. The Morgan fingerprint density at radius 3 is 2.83 bits per heavy atom. The Bertz CT molecular complexity index is 431. The van der Waals surface area contributed by atoms with Crippen LogP contribution < -0.4 is 5.32 Å². The van der Waals surface area contributed by atoms with E-state index in [-0.39, 0.29) is 42.8 Å². The molecule has 0 bridgehead atoms. The van der Waals surface area contributed by atoms with Crippen molar-refractivity contribution in [1.82, 2.24) is 0 Å². The monoisotopic (exact) mass is 278 g/mol. The van der Waals surface area contributed by atoms with Crippen LogP contribution in [0.15, 0.2) is 12.1 Å². The molecule has 1 aromatic carbocycles. The van der Waals surface area contributed by atoms with Crippen LogP contribution in [0.2, 0.25) is 5.02 Å². The summed E-state index contributed by atoms with van der Waals surface area (Å²) in [5.41, 5.74) is -0.266. The van der Waals surface area contributed by atoms with E-state index in [1.807, 2.05) is 0 Å². The van der Waals surface area contributed by atoms with Gasteiger partial charge in [-0.25, -0.2) is 4.39 Å². The van der Waals surface area contributed by atoms with E-state index >= 15 is 0 Å². The number of hydrogen-bond acceptors (Lipinski definition) is 5. The first-order valence-electron chi connectivity index (χ1n) is 5.12. The van der Waals surface area contributed by atoms with Crippen LogP contribution in [0.5, 0.6) is 0 Å². The Kier molecular flexibility index (Phi) is 5.76. The fourth-order valence-electron chi connectivity index (χ4n) is 1.25. The lowest BCUT2D eigenvalue weighted by Crippen LogP contribution is -2.12. The number of nitrogens with one attached hydrogen (secondary N) is 1. The molecule has 0 aliphatic rings. The number of anilines is 1. The van der Waals surface area contributed by atoms with Gasteiger partial charge < -0.3 is 15.2 Å². The molecule has 0 fully saturated rings. The number of nitrogens with zero attached hydrogens (tertiary/aromatic N) is 1. The summed E-state index contributed by atoms with van der Waals surface area (Å²) in [4.78, 5) is 10.0. The van der Waals surface area contributed by atoms with Crippen molar-refractivity contribution in [3.63, 3.8) is 0 Å². The van der Waals surface area contributed by atoms with Crippen molar-refractivity contribution in [2.75, 3.05) is 31.7 Å². The van der Waals surface area contributed by atoms with Gasteiger partial charge in [0, 0.05) is 6.54 Å². The Morgan fingerprint density at radius 1 is 1.50 bits per heavy atom. The van der Waals surface area contributed by atoms with Gasteiger partial charge in [0.15, 0.2) is 0 Å². The van der Waals surface area contributed by atoms with E-state index < -0.39 is 10.7 Å².